The van der Waals surface area contributed by atoms with Gasteiger partial charge in [0.1, 0.15) is 0 Å². The highest BCUT2D eigenvalue weighted by Gasteiger charge is 2.50. The third-order valence-corrected chi connectivity index (χ3v) is 3.71. The molecule has 1 aromatic heterocycles. The molecule has 17 heavy (non-hydrogen) atoms. The first kappa shape index (κ1) is 12.1. The van der Waals surface area contributed by atoms with E-state index in [2.05, 4.69) is 36.0 Å². The number of amides is 1. The lowest BCUT2D eigenvalue weighted by atomic mass is 10.1. The van der Waals surface area contributed by atoms with Crippen molar-refractivity contribution in [3.63, 3.8) is 0 Å². The second kappa shape index (κ2) is 4.47. The van der Waals surface area contributed by atoms with Crippen LogP contribution in [0.3, 0.4) is 0 Å². The van der Waals surface area contributed by atoms with Crippen LogP contribution in [0.2, 0.25) is 0 Å². The maximum Gasteiger partial charge on any atom is 0.229 e. The molecule has 0 bridgehead atoms. The Morgan fingerprint density at radius 2 is 2.47 bits per heavy atom. The van der Waals surface area contributed by atoms with Gasteiger partial charge in [-0.1, -0.05) is 37.0 Å². The molecule has 0 spiro atoms. The normalized spacial score (nSPS) is 20.3. The van der Waals surface area contributed by atoms with Crippen LogP contribution in [0.4, 0.5) is 5.13 Å². The molecule has 4 nitrogen and oxygen atoms in total. The van der Waals surface area contributed by atoms with E-state index in [0.717, 1.165) is 11.3 Å². The molecule has 1 aliphatic carbocycles. The lowest BCUT2D eigenvalue weighted by Gasteiger charge is -2.02. The monoisotopic (exact) mass is 249 g/mol. The van der Waals surface area contributed by atoms with Gasteiger partial charge in [-0.15, -0.1) is 0 Å². The number of rotatable bonds is 2. The summed E-state index contributed by atoms with van der Waals surface area (Å²) in [5.74, 6) is 5.82. The van der Waals surface area contributed by atoms with Crippen LogP contribution in [0.25, 0.3) is 0 Å². The van der Waals surface area contributed by atoms with Gasteiger partial charge >= 0.3 is 0 Å². The van der Waals surface area contributed by atoms with Gasteiger partial charge in [0.15, 0.2) is 5.13 Å². The molecule has 0 aromatic carbocycles. The fourth-order valence-electron chi connectivity index (χ4n) is 1.64. The maximum atomic E-state index is 11.8. The Labute approximate surface area is 105 Å². The average molecular weight is 249 g/mol. The van der Waals surface area contributed by atoms with Crippen molar-refractivity contribution in [3.8, 4) is 11.8 Å². The lowest BCUT2D eigenvalue weighted by molar-refractivity contribution is -0.117. The average Bonchev–Trinajstić information content (AvgIpc) is 2.72. The lowest BCUT2D eigenvalue weighted by Crippen LogP contribution is -2.16. The van der Waals surface area contributed by atoms with Crippen LogP contribution < -0.4 is 11.1 Å². The molecule has 2 rings (SSSR count). The van der Waals surface area contributed by atoms with Gasteiger partial charge in [-0.05, 0) is 11.8 Å². The van der Waals surface area contributed by atoms with Crippen LogP contribution in [0.5, 0.6) is 0 Å². The van der Waals surface area contributed by atoms with Gasteiger partial charge in [0.25, 0.3) is 0 Å². The Kier molecular flexibility index (Phi) is 3.18. The van der Waals surface area contributed by atoms with Gasteiger partial charge in [0.05, 0.1) is 17.6 Å². The standard InChI is InChI=1S/C12H15N3OS/c1-12(2)6-9(12)10(16)15-11-14-7-8(17-11)4-3-5-13/h7,9H,5-6,13H2,1-2H3,(H,14,15,16). The van der Waals surface area contributed by atoms with Crippen molar-refractivity contribution in [3.05, 3.63) is 11.1 Å². The minimum atomic E-state index is 0.0580. The Balaban J connectivity index is 1.96. The quantitative estimate of drug-likeness (QED) is 0.779. The molecular formula is C12H15N3OS. The molecule has 1 amide bonds. The summed E-state index contributed by atoms with van der Waals surface area (Å²) in [5, 5.41) is 3.44. The first-order valence-corrected chi connectivity index (χ1v) is 6.30. The van der Waals surface area contributed by atoms with Crippen LogP contribution in [0.1, 0.15) is 25.1 Å². The second-order valence-corrected chi connectivity index (χ2v) is 5.80. The fourth-order valence-corrected chi connectivity index (χ4v) is 2.33. The van der Waals surface area contributed by atoms with E-state index in [1.807, 2.05) is 0 Å². The summed E-state index contributed by atoms with van der Waals surface area (Å²) in [6.45, 7) is 4.52. The van der Waals surface area contributed by atoms with Gasteiger partial charge in [0.2, 0.25) is 5.91 Å². The van der Waals surface area contributed by atoms with E-state index in [0.29, 0.717) is 11.7 Å². The third-order valence-electron chi connectivity index (χ3n) is 2.88. The Morgan fingerprint density at radius 3 is 3.06 bits per heavy atom. The van der Waals surface area contributed by atoms with Crippen molar-refractivity contribution in [2.75, 3.05) is 11.9 Å². The molecule has 3 N–H and O–H groups in total. The number of thiazole rings is 1. The Morgan fingerprint density at radius 1 is 1.76 bits per heavy atom. The summed E-state index contributed by atoms with van der Waals surface area (Å²) < 4.78 is 0. The SMILES string of the molecule is CC1(C)CC1C(=O)Nc1ncc(C#CCN)s1. The van der Waals surface area contributed by atoms with E-state index in [-0.39, 0.29) is 17.2 Å². The first-order chi connectivity index (χ1) is 8.03. The van der Waals surface area contributed by atoms with Crippen LogP contribution >= 0.6 is 11.3 Å². The molecule has 0 saturated heterocycles. The molecule has 0 radical (unpaired) electrons. The summed E-state index contributed by atoms with van der Waals surface area (Å²) in [6.07, 6.45) is 2.60. The van der Waals surface area contributed by atoms with E-state index in [9.17, 15) is 4.79 Å². The fraction of sp³-hybridized carbons (Fsp3) is 0.500. The number of nitrogens with one attached hydrogen (secondary N) is 1. The van der Waals surface area contributed by atoms with Crippen molar-refractivity contribution in [1.29, 1.82) is 0 Å². The van der Waals surface area contributed by atoms with E-state index < -0.39 is 0 Å². The van der Waals surface area contributed by atoms with Gasteiger partial charge in [0, 0.05) is 5.92 Å². The highest BCUT2D eigenvalue weighted by molar-refractivity contribution is 7.16. The molecule has 1 fully saturated rings. The first-order valence-electron chi connectivity index (χ1n) is 5.48. The molecule has 1 atom stereocenters. The number of carbonyl (C=O) groups is 1. The predicted molar refractivity (Wildman–Crippen MR) is 68.6 cm³/mol. The van der Waals surface area contributed by atoms with Crippen molar-refractivity contribution < 1.29 is 4.79 Å². The second-order valence-electron chi connectivity index (χ2n) is 4.77. The van der Waals surface area contributed by atoms with Crippen molar-refractivity contribution in [2.45, 2.75) is 20.3 Å². The molecular weight excluding hydrogens is 234 g/mol. The van der Waals surface area contributed by atoms with Crippen LogP contribution in [0, 0.1) is 23.2 Å². The van der Waals surface area contributed by atoms with E-state index in [1.165, 1.54) is 11.3 Å². The summed E-state index contributed by atoms with van der Waals surface area (Å²) >= 11 is 1.37. The van der Waals surface area contributed by atoms with Crippen molar-refractivity contribution in [1.82, 2.24) is 4.98 Å². The van der Waals surface area contributed by atoms with Gasteiger partial charge in [-0.2, -0.15) is 0 Å². The zero-order valence-corrected chi connectivity index (χ0v) is 10.7. The molecule has 1 saturated carbocycles. The van der Waals surface area contributed by atoms with Crippen LogP contribution in [-0.2, 0) is 4.79 Å². The zero-order chi connectivity index (χ0) is 12.5. The highest BCUT2D eigenvalue weighted by Crippen LogP contribution is 2.52. The van der Waals surface area contributed by atoms with Crippen molar-refractivity contribution >= 4 is 22.4 Å². The summed E-state index contributed by atoms with van der Waals surface area (Å²) in [5.41, 5.74) is 5.42. The number of nitrogens with zero attached hydrogens (tertiary/aromatic N) is 1. The Hall–Kier alpha value is -1.38. The predicted octanol–water partition coefficient (Wildman–Crippen LogP) is 1.44. The van der Waals surface area contributed by atoms with E-state index in [1.54, 1.807) is 6.20 Å². The zero-order valence-electron chi connectivity index (χ0n) is 9.91. The minimum Gasteiger partial charge on any atom is -0.320 e. The number of hydrogen-bond donors (Lipinski definition) is 2. The minimum absolute atomic E-state index is 0.0580. The summed E-state index contributed by atoms with van der Waals surface area (Å²) in [6, 6.07) is 0. The van der Waals surface area contributed by atoms with E-state index in [4.69, 9.17) is 5.73 Å². The van der Waals surface area contributed by atoms with Gasteiger partial charge in [-0.3, -0.25) is 4.79 Å². The van der Waals surface area contributed by atoms with Crippen molar-refractivity contribution in [2.24, 2.45) is 17.1 Å². The van der Waals surface area contributed by atoms with Gasteiger partial charge < -0.3 is 11.1 Å². The number of hydrogen-bond acceptors (Lipinski definition) is 4. The molecule has 1 aliphatic rings. The molecule has 1 aromatic rings. The van der Waals surface area contributed by atoms with E-state index >= 15 is 0 Å². The smallest absolute Gasteiger partial charge is 0.229 e. The topological polar surface area (TPSA) is 68.0 Å². The number of nitrogens with two attached hydrogens (primary N) is 1. The van der Waals surface area contributed by atoms with Crippen LogP contribution in [0.15, 0.2) is 6.20 Å². The summed E-state index contributed by atoms with van der Waals surface area (Å²) in [4.78, 5) is 16.7. The largest absolute Gasteiger partial charge is 0.320 e. The molecule has 5 heteroatoms. The molecule has 90 valence electrons. The number of anilines is 1. The third kappa shape index (κ3) is 2.84. The highest BCUT2D eigenvalue weighted by atomic mass is 32.1. The molecule has 0 aliphatic heterocycles. The van der Waals surface area contributed by atoms with Crippen LogP contribution in [-0.4, -0.2) is 17.4 Å². The number of aromatic nitrogens is 1. The van der Waals surface area contributed by atoms with Gasteiger partial charge in [-0.25, -0.2) is 4.98 Å². The number of carbonyl (C=O) groups excluding carboxylic acids is 1. The maximum absolute atomic E-state index is 11.8. The Bertz CT molecular complexity index is 495. The molecule has 1 heterocycles. The molecule has 1 unspecified atom stereocenters. The summed E-state index contributed by atoms with van der Waals surface area (Å²) in [7, 11) is 0.